The maximum atomic E-state index is 10.7. The van der Waals surface area contributed by atoms with Crippen LogP contribution in [0, 0.1) is 13.8 Å². The number of carboxylic acid groups (broad SMARTS) is 1. The number of rotatable bonds is 4. The number of benzene rings is 1. The Morgan fingerprint density at radius 2 is 2.16 bits per heavy atom. The highest BCUT2D eigenvalue weighted by atomic mass is 16.5. The number of methoxy groups -OCH3 is 1. The van der Waals surface area contributed by atoms with Crippen molar-refractivity contribution >= 4 is 5.97 Å². The fourth-order valence-corrected chi connectivity index (χ4v) is 1.83. The van der Waals surface area contributed by atoms with Crippen molar-refractivity contribution in [2.24, 2.45) is 0 Å². The van der Waals surface area contributed by atoms with Gasteiger partial charge in [-0.25, -0.2) is 4.98 Å². The molecule has 0 aliphatic carbocycles. The predicted molar refractivity (Wildman–Crippen MR) is 69.3 cm³/mol. The molecular formula is C14H15NO4. The maximum Gasteiger partial charge on any atom is 0.311 e. The van der Waals surface area contributed by atoms with Crippen molar-refractivity contribution in [1.29, 1.82) is 0 Å². The largest absolute Gasteiger partial charge is 0.496 e. The molecule has 0 amide bonds. The van der Waals surface area contributed by atoms with E-state index in [1.165, 1.54) is 0 Å². The van der Waals surface area contributed by atoms with Crippen LogP contribution in [0.25, 0.3) is 11.5 Å². The second-order valence-electron chi connectivity index (χ2n) is 4.30. The van der Waals surface area contributed by atoms with Gasteiger partial charge in [-0.15, -0.1) is 0 Å². The van der Waals surface area contributed by atoms with Gasteiger partial charge in [-0.1, -0.05) is 11.6 Å². The van der Waals surface area contributed by atoms with Crippen molar-refractivity contribution in [3.63, 3.8) is 0 Å². The number of nitrogens with zero attached hydrogens (tertiary/aromatic N) is 1. The molecule has 1 N–H and O–H groups in total. The van der Waals surface area contributed by atoms with E-state index in [0.29, 0.717) is 23.1 Å². The summed E-state index contributed by atoms with van der Waals surface area (Å²) in [6.07, 6.45) is -0.174. The topological polar surface area (TPSA) is 72.6 Å². The summed E-state index contributed by atoms with van der Waals surface area (Å²) < 4.78 is 10.8. The van der Waals surface area contributed by atoms with Crippen LogP contribution in [0.1, 0.15) is 17.0 Å². The lowest BCUT2D eigenvalue weighted by Crippen LogP contribution is -1.99. The molecule has 0 bridgehead atoms. The van der Waals surface area contributed by atoms with Crippen LogP contribution in [-0.4, -0.2) is 23.2 Å². The zero-order valence-corrected chi connectivity index (χ0v) is 11.1. The molecule has 0 radical (unpaired) electrons. The molecule has 0 atom stereocenters. The number of hydrogen-bond acceptors (Lipinski definition) is 4. The van der Waals surface area contributed by atoms with Gasteiger partial charge >= 0.3 is 5.97 Å². The smallest absolute Gasteiger partial charge is 0.311 e. The number of ether oxygens (including phenoxy) is 1. The standard InChI is InChI=1S/C14H15NO4/c1-8-4-5-11(18-3)10(6-8)14-15-9(2)12(19-14)7-13(16)17/h4-6H,7H2,1-3H3,(H,16,17). The Labute approximate surface area is 110 Å². The Morgan fingerprint density at radius 1 is 1.42 bits per heavy atom. The van der Waals surface area contributed by atoms with Gasteiger partial charge in [-0.2, -0.15) is 0 Å². The third-order valence-corrected chi connectivity index (χ3v) is 2.79. The molecule has 0 unspecified atom stereocenters. The van der Waals surface area contributed by atoms with Gasteiger partial charge in [0.05, 0.1) is 18.4 Å². The Kier molecular flexibility index (Phi) is 3.55. The number of hydrogen-bond donors (Lipinski definition) is 1. The van der Waals surface area contributed by atoms with Crippen LogP contribution in [0.4, 0.5) is 0 Å². The maximum absolute atomic E-state index is 10.7. The summed E-state index contributed by atoms with van der Waals surface area (Å²) in [5, 5.41) is 8.80. The summed E-state index contributed by atoms with van der Waals surface area (Å²) >= 11 is 0. The van der Waals surface area contributed by atoms with Gasteiger partial charge in [0.1, 0.15) is 17.9 Å². The quantitative estimate of drug-likeness (QED) is 0.915. The van der Waals surface area contributed by atoms with Crippen molar-refractivity contribution in [3.8, 4) is 17.2 Å². The summed E-state index contributed by atoms with van der Waals surface area (Å²) in [5.41, 5.74) is 2.36. The van der Waals surface area contributed by atoms with Crippen molar-refractivity contribution in [3.05, 3.63) is 35.2 Å². The number of carboxylic acids is 1. The fourth-order valence-electron chi connectivity index (χ4n) is 1.83. The molecule has 1 heterocycles. The van der Waals surface area contributed by atoms with E-state index >= 15 is 0 Å². The van der Waals surface area contributed by atoms with E-state index in [9.17, 15) is 4.79 Å². The fraction of sp³-hybridized carbons (Fsp3) is 0.286. The monoisotopic (exact) mass is 261 g/mol. The highest BCUT2D eigenvalue weighted by Gasteiger charge is 2.17. The van der Waals surface area contributed by atoms with Crippen LogP contribution in [-0.2, 0) is 11.2 Å². The van der Waals surface area contributed by atoms with E-state index in [0.717, 1.165) is 11.1 Å². The third-order valence-electron chi connectivity index (χ3n) is 2.79. The molecule has 1 aromatic carbocycles. The summed E-state index contributed by atoms with van der Waals surface area (Å²) in [6, 6.07) is 5.66. The van der Waals surface area contributed by atoms with E-state index in [-0.39, 0.29) is 6.42 Å². The summed E-state index contributed by atoms with van der Waals surface area (Å²) in [7, 11) is 1.57. The lowest BCUT2D eigenvalue weighted by atomic mass is 10.1. The number of oxazole rings is 1. The van der Waals surface area contributed by atoms with E-state index in [1.807, 2.05) is 25.1 Å². The molecule has 0 fully saturated rings. The Bertz CT molecular complexity index is 616. The number of carbonyl (C=O) groups is 1. The first kappa shape index (κ1) is 13.1. The second-order valence-corrected chi connectivity index (χ2v) is 4.30. The van der Waals surface area contributed by atoms with Gasteiger partial charge in [0.2, 0.25) is 5.89 Å². The minimum atomic E-state index is -0.943. The van der Waals surface area contributed by atoms with Gasteiger partial charge in [-0.3, -0.25) is 4.79 Å². The van der Waals surface area contributed by atoms with E-state index in [1.54, 1.807) is 14.0 Å². The first-order chi connectivity index (χ1) is 9.01. The Morgan fingerprint density at radius 3 is 2.79 bits per heavy atom. The van der Waals surface area contributed by atoms with Crippen LogP contribution < -0.4 is 4.74 Å². The lowest BCUT2D eigenvalue weighted by molar-refractivity contribution is -0.136. The van der Waals surface area contributed by atoms with Gasteiger partial charge in [-0.05, 0) is 26.0 Å². The SMILES string of the molecule is COc1ccc(C)cc1-c1nc(C)c(CC(=O)O)o1. The Hall–Kier alpha value is -2.30. The number of aryl methyl sites for hydroxylation is 2. The van der Waals surface area contributed by atoms with Gasteiger partial charge in [0, 0.05) is 0 Å². The molecule has 0 aliphatic heterocycles. The average Bonchev–Trinajstić information content (AvgIpc) is 2.70. The molecule has 0 saturated carbocycles. The first-order valence-electron chi connectivity index (χ1n) is 5.84. The summed E-state index contributed by atoms with van der Waals surface area (Å²) in [5.74, 6) is 0.455. The van der Waals surface area contributed by atoms with E-state index in [4.69, 9.17) is 14.3 Å². The van der Waals surface area contributed by atoms with Crippen molar-refractivity contribution in [2.75, 3.05) is 7.11 Å². The molecule has 5 nitrogen and oxygen atoms in total. The van der Waals surface area contributed by atoms with E-state index in [2.05, 4.69) is 4.98 Å². The highest BCUT2D eigenvalue weighted by molar-refractivity contribution is 5.70. The molecule has 100 valence electrons. The zero-order chi connectivity index (χ0) is 14.0. The molecule has 19 heavy (non-hydrogen) atoms. The van der Waals surface area contributed by atoms with Crippen LogP contribution >= 0.6 is 0 Å². The van der Waals surface area contributed by atoms with Gasteiger partial charge in [0.25, 0.3) is 0 Å². The normalized spacial score (nSPS) is 10.5. The van der Waals surface area contributed by atoms with E-state index < -0.39 is 5.97 Å². The molecule has 0 saturated heterocycles. The molecule has 5 heteroatoms. The van der Waals surface area contributed by atoms with Crippen LogP contribution in [0.5, 0.6) is 5.75 Å². The van der Waals surface area contributed by atoms with Crippen molar-refractivity contribution in [2.45, 2.75) is 20.3 Å². The van der Waals surface area contributed by atoms with Gasteiger partial charge in [0.15, 0.2) is 0 Å². The molecule has 0 aliphatic rings. The minimum Gasteiger partial charge on any atom is -0.496 e. The van der Waals surface area contributed by atoms with Crippen LogP contribution in [0.3, 0.4) is 0 Å². The molecule has 2 aromatic rings. The van der Waals surface area contributed by atoms with Crippen molar-refractivity contribution in [1.82, 2.24) is 4.98 Å². The summed E-state index contributed by atoms with van der Waals surface area (Å²) in [6.45, 7) is 3.68. The lowest BCUT2D eigenvalue weighted by Gasteiger charge is -2.05. The average molecular weight is 261 g/mol. The first-order valence-corrected chi connectivity index (χ1v) is 5.84. The molecule has 2 rings (SSSR count). The van der Waals surface area contributed by atoms with Crippen LogP contribution in [0.2, 0.25) is 0 Å². The predicted octanol–water partition coefficient (Wildman–Crippen LogP) is 2.59. The highest BCUT2D eigenvalue weighted by Crippen LogP contribution is 2.31. The van der Waals surface area contributed by atoms with Crippen LogP contribution in [0.15, 0.2) is 22.6 Å². The molecule has 1 aromatic heterocycles. The Balaban J connectivity index is 2.47. The zero-order valence-electron chi connectivity index (χ0n) is 11.1. The number of aromatic nitrogens is 1. The number of aliphatic carboxylic acids is 1. The van der Waals surface area contributed by atoms with Gasteiger partial charge < -0.3 is 14.3 Å². The molecular weight excluding hydrogens is 246 g/mol. The minimum absolute atomic E-state index is 0.174. The summed E-state index contributed by atoms with van der Waals surface area (Å²) in [4.78, 5) is 15.0. The third kappa shape index (κ3) is 2.76. The second kappa shape index (κ2) is 5.14. The van der Waals surface area contributed by atoms with Crippen molar-refractivity contribution < 1.29 is 19.1 Å². The molecule has 0 spiro atoms.